The smallest absolute Gasteiger partial charge is 0.158 e. The highest BCUT2D eigenvalue weighted by Gasteiger charge is 2.37. The van der Waals surface area contributed by atoms with Gasteiger partial charge in [-0.3, -0.25) is 9.59 Å². The molecule has 0 heterocycles. The zero-order valence-corrected chi connectivity index (χ0v) is 10.5. The second-order valence-corrected chi connectivity index (χ2v) is 5.25. The Hall–Kier alpha value is -0.920. The molecule has 0 amide bonds. The lowest BCUT2D eigenvalue weighted by atomic mass is 9.68. The standard InChI is InChI=1S/C14H22O2/c1-5-14(16)12-7-6-11(9(2)3)8-13(12)10(4)15/h5,9,11-13H,1,6-8H2,2-4H3. The predicted molar refractivity (Wildman–Crippen MR) is 65.0 cm³/mol. The Morgan fingerprint density at radius 1 is 1.25 bits per heavy atom. The van der Waals surface area contributed by atoms with Crippen molar-refractivity contribution in [3.63, 3.8) is 0 Å². The van der Waals surface area contributed by atoms with Crippen molar-refractivity contribution in [2.24, 2.45) is 23.7 Å². The van der Waals surface area contributed by atoms with Gasteiger partial charge in [0.1, 0.15) is 5.78 Å². The van der Waals surface area contributed by atoms with E-state index in [1.54, 1.807) is 6.92 Å². The molecule has 1 aliphatic rings. The van der Waals surface area contributed by atoms with Gasteiger partial charge in [0.25, 0.3) is 0 Å². The van der Waals surface area contributed by atoms with Crippen molar-refractivity contribution in [2.75, 3.05) is 0 Å². The number of ketones is 2. The van der Waals surface area contributed by atoms with Crippen LogP contribution >= 0.6 is 0 Å². The minimum absolute atomic E-state index is 0.0439. The number of hydrogen-bond donors (Lipinski definition) is 0. The summed E-state index contributed by atoms with van der Waals surface area (Å²) in [5.74, 6) is 1.20. The summed E-state index contributed by atoms with van der Waals surface area (Å²) in [5.41, 5.74) is 0. The van der Waals surface area contributed by atoms with Crippen molar-refractivity contribution >= 4 is 11.6 Å². The van der Waals surface area contributed by atoms with Crippen LogP contribution in [0.15, 0.2) is 12.7 Å². The fourth-order valence-corrected chi connectivity index (χ4v) is 2.75. The van der Waals surface area contributed by atoms with Crippen LogP contribution in [0.5, 0.6) is 0 Å². The Bertz CT molecular complexity index is 291. The maximum Gasteiger partial charge on any atom is 0.158 e. The van der Waals surface area contributed by atoms with E-state index in [1.165, 1.54) is 6.08 Å². The Kier molecular flexibility index (Phi) is 4.45. The fourth-order valence-electron chi connectivity index (χ4n) is 2.75. The molecule has 2 heteroatoms. The van der Waals surface area contributed by atoms with Crippen LogP contribution in [-0.4, -0.2) is 11.6 Å². The molecule has 0 aliphatic heterocycles. The lowest BCUT2D eigenvalue weighted by molar-refractivity contribution is -0.131. The van der Waals surface area contributed by atoms with Gasteiger partial charge in [0.05, 0.1) is 0 Å². The van der Waals surface area contributed by atoms with E-state index >= 15 is 0 Å². The minimum Gasteiger partial charge on any atom is -0.300 e. The molecule has 1 fully saturated rings. The van der Waals surface area contributed by atoms with E-state index in [0.717, 1.165) is 19.3 Å². The van der Waals surface area contributed by atoms with Gasteiger partial charge in [-0.1, -0.05) is 20.4 Å². The largest absolute Gasteiger partial charge is 0.300 e. The van der Waals surface area contributed by atoms with E-state index in [1.807, 2.05) is 0 Å². The third-order valence-electron chi connectivity index (χ3n) is 3.92. The highest BCUT2D eigenvalue weighted by atomic mass is 16.1. The normalized spacial score (nSPS) is 30.1. The topological polar surface area (TPSA) is 34.1 Å². The maximum absolute atomic E-state index is 11.7. The predicted octanol–water partition coefficient (Wildman–Crippen LogP) is 3.02. The van der Waals surface area contributed by atoms with Gasteiger partial charge in [0, 0.05) is 11.8 Å². The van der Waals surface area contributed by atoms with Gasteiger partial charge in [-0.15, -0.1) is 0 Å². The summed E-state index contributed by atoms with van der Waals surface area (Å²) < 4.78 is 0. The summed E-state index contributed by atoms with van der Waals surface area (Å²) in [4.78, 5) is 23.3. The maximum atomic E-state index is 11.7. The first-order chi connectivity index (χ1) is 7.47. The molecule has 0 aromatic carbocycles. The second kappa shape index (κ2) is 5.42. The van der Waals surface area contributed by atoms with Gasteiger partial charge < -0.3 is 0 Å². The third-order valence-corrected chi connectivity index (χ3v) is 3.92. The number of allylic oxidation sites excluding steroid dienone is 1. The molecule has 0 N–H and O–H groups in total. The van der Waals surface area contributed by atoms with Crippen LogP contribution in [0.3, 0.4) is 0 Å². The van der Waals surface area contributed by atoms with E-state index in [9.17, 15) is 9.59 Å². The summed E-state index contributed by atoms with van der Waals surface area (Å²) >= 11 is 0. The van der Waals surface area contributed by atoms with Crippen molar-refractivity contribution in [2.45, 2.75) is 40.0 Å². The first-order valence-electron chi connectivity index (χ1n) is 6.14. The van der Waals surface area contributed by atoms with Crippen molar-refractivity contribution in [3.8, 4) is 0 Å². The molecule has 3 unspecified atom stereocenters. The second-order valence-electron chi connectivity index (χ2n) is 5.25. The van der Waals surface area contributed by atoms with Gasteiger partial charge in [-0.05, 0) is 44.1 Å². The Morgan fingerprint density at radius 3 is 2.31 bits per heavy atom. The third kappa shape index (κ3) is 2.81. The summed E-state index contributed by atoms with van der Waals surface area (Å²) in [5, 5.41) is 0. The molecular formula is C14H22O2. The summed E-state index contributed by atoms with van der Waals surface area (Å²) in [6, 6.07) is 0. The number of Topliss-reactive ketones (excluding diaryl/α,β-unsaturated/α-hetero) is 1. The average Bonchev–Trinajstić information content (AvgIpc) is 2.26. The first-order valence-corrected chi connectivity index (χ1v) is 6.14. The van der Waals surface area contributed by atoms with E-state index in [2.05, 4.69) is 20.4 Å². The molecule has 0 bridgehead atoms. The Balaban J connectivity index is 2.79. The van der Waals surface area contributed by atoms with Crippen LogP contribution in [-0.2, 0) is 9.59 Å². The van der Waals surface area contributed by atoms with Gasteiger partial charge in [0.2, 0.25) is 0 Å². The molecule has 90 valence electrons. The van der Waals surface area contributed by atoms with Gasteiger partial charge >= 0.3 is 0 Å². The molecule has 1 rings (SSSR count). The number of hydrogen-bond acceptors (Lipinski definition) is 2. The monoisotopic (exact) mass is 222 g/mol. The molecule has 0 spiro atoms. The highest BCUT2D eigenvalue weighted by molar-refractivity contribution is 5.95. The van der Waals surface area contributed by atoms with E-state index in [4.69, 9.17) is 0 Å². The Morgan fingerprint density at radius 2 is 1.88 bits per heavy atom. The lowest BCUT2D eigenvalue weighted by Crippen LogP contribution is -2.35. The van der Waals surface area contributed by atoms with Gasteiger partial charge in [-0.25, -0.2) is 0 Å². The number of carbonyl (C=O) groups excluding carboxylic acids is 2. The molecule has 3 atom stereocenters. The van der Waals surface area contributed by atoms with Crippen molar-refractivity contribution in [1.82, 2.24) is 0 Å². The van der Waals surface area contributed by atoms with Crippen LogP contribution in [0.1, 0.15) is 40.0 Å². The molecule has 16 heavy (non-hydrogen) atoms. The molecular weight excluding hydrogens is 200 g/mol. The van der Waals surface area contributed by atoms with E-state index in [-0.39, 0.29) is 23.4 Å². The fraction of sp³-hybridized carbons (Fsp3) is 0.714. The van der Waals surface area contributed by atoms with Gasteiger partial charge in [-0.2, -0.15) is 0 Å². The molecule has 0 saturated heterocycles. The number of rotatable bonds is 4. The SMILES string of the molecule is C=CC(=O)C1CCC(C(C)C)CC1C(C)=O. The average molecular weight is 222 g/mol. The van der Waals surface area contributed by atoms with Crippen LogP contribution < -0.4 is 0 Å². The summed E-state index contributed by atoms with van der Waals surface area (Å²) in [6.07, 6.45) is 4.15. The molecule has 2 nitrogen and oxygen atoms in total. The van der Waals surface area contributed by atoms with E-state index in [0.29, 0.717) is 11.8 Å². The Labute approximate surface area is 98.1 Å². The number of carbonyl (C=O) groups is 2. The lowest BCUT2D eigenvalue weighted by Gasteiger charge is -2.35. The van der Waals surface area contributed by atoms with Crippen LogP contribution in [0.4, 0.5) is 0 Å². The van der Waals surface area contributed by atoms with Crippen molar-refractivity contribution in [1.29, 1.82) is 0 Å². The zero-order valence-electron chi connectivity index (χ0n) is 10.5. The van der Waals surface area contributed by atoms with Crippen molar-refractivity contribution < 1.29 is 9.59 Å². The zero-order chi connectivity index (χ0) is 12.3. The van der Waals surface area contributed by atoms with Crippen molar-refractivity contribution in [3.05, 3.63) is 12.7 Å². The molecule has 0 aromatic rings. The van der Waals surface area contributed by atoms with Crippen LogP contribution in [0.25, 0.3) is 0 Å². The first kappa shape index (κ1) is 13.1. The molecule has 0 aromatic heterocycles. The van der Waals surface area contributed by atoms with Crippen LogP contribution in [0.2, 0.25) is 0 Å². The van der Waals surface area contributed by atoms with E-state index < -0.39 is 0 Å². The quantitative estimate of drug-likeness (QED) is 0.685. The molecule has 1 aliphatic carbocycles. The molecule has 1 saturated carbocycles. The van der Waals surface area contributed by atoms with Crippen LogP contribution in [0, 0.1) is 23.7 Å². The summed E-state index contributed by atoms with van der Waals surface area (Å²) in [6.45, 7) is 9.51. The summed E-state index contributed by atoms with van der Waals surface area (Å²) in [7, 11) is 0. The highest BCUT2D eigenvalue weighted by Crippen LogP contribution is 2.38. The van der Waals surface area contributed by atoms with Gasteiger partial charge in [0.15, 0.2) is 5.78 Å². The molecule has 0 radical (unpaired) electrons. The minimum atomic E-state index is -0.106.